The van der Waals surface area contributed by atoms with Crippen molar-refractivity contribution >= 4 is 0 Å². The summed E-state index contributed by atoms with van der Waals surface area (Å²) in [5.41, 5.74) is 5.50. The van der Waals surface area contributed by atoms with Gasteiger partial charge < -0.3 is 10.6 Å². The van der Waals surface area contributed by atoms with Gasteiger partial charge in [0.05, 0.1) is 0 Å². The zero-order valence-electron chi connectivity index (χ0n) is 8.42. The molecule has 0 aromatic heterocycles. The maximum atomic E-state index is 5.50. The molecule has 1 saturated carbocycles. The van der Waals surface area contributed by atoms with E-state index in [9.17, 15) is 0 Å². The Bertz CT molecular complexity index is 119. The standard InChI is InChI=1S/C10H22N2/c1-9(2)8-12(7-3-6-11)10-4-5-10/h9-10H,3-8,11H2,1-2H3. The van der Waals surface area contributed by atoms with E-state index in [2.05, 4.69) is 18.7 Å². The van der Waals surface area contributed by atoms with Crippen molar-refractivity contribution in [1.82, 2.24) is 4.90 Å². The van der Waals surface area contributed by atoms with Crippen LogP contribution in [0.2, 0.25) is 0 Å². The summed E-state index contributed by atoms with van der Waals surface area (Å²) in [5.74, 6) is 0.795. The summed E-state index contributed by atoms with van der Waals surface area (Å²) >= 11 is 0. The van der Waals surface area contributed by atoms with Crippen LogP contribution in [0, 0.1) is 5.92 Å². The lowest BCUT2D eigenvalue weighted by atomic mass is 10.2. The van der Waals surface area contributed by atoms with Crippen LogP contribution in [-0.2, 0) is 0 Å². The summed E-state index contributed by atoms with van der Waals surface area (Å²) in [6.45, 7) is 7.88. The van der Waals surface area contributed by atoms with Crippen LogP contribution in [0.3, 0.4) is 0 Å². The van der Waals surface area contributed by atoms with E-state index in [0.29, 0.717) is 0 Å². The third-order valence-corrected chi connectivity index (χ3v) is 2.31. The normalized spacial score (nSPS) is 17.8. The maximum Gasteiger partial charge on any atom is 0.00965 e. The maximum absolute atomic E-state index is 5.50. The molecule has 2 nitrogen and oxygen atoms in total. The first kappa shape index (κ1) is 10.0. The van der Waals surface area contributed by atoms with Crippen LogP contribution < -0.4 is 5.73 Å². The molecule has 0 heterocycles. The second-order valence-corrected chi connectivity index (χ2v) is 4.26. The monoisotopic (exact) mass is 170 g/mol. The number of nitrogens with zero attached hydrogens (tertiary/aromatic N) is 1. The van der Waals surface area contributed by atoms with Crippen LogP contribution in [0.5, 0.6) is 0 Å². The number of hydrogen-bond donors (Lipinski definition) is 1. The zero-order valence-corrected chi connectivity index (χ0v) is 8.42. The molecule has 0 aliphatic heterocycles. The molecule has 12 heavy (non-hydrogen) atoms. The minimum atomic E-state index is 0.795. The fourth-order valence-electron chi connectivity index (χ4n) is 1.63. The van der Waals surface area contributed by atoms with Gasteiger partial charge in [-0.2, -0.15) is 0 Å². The van der Waals surface area contributed by atoms with E-state index in [1.165, 1.54) is 25.9 Å². The van der Waals surface area contributed by atoms with Crippen molar-refractivity contribution in [3.8, 4) is 0 Å². The van der Waals surface area contributed by atoms with Crippen LogP contribution in [0.1, 0.15) is 33.1 Å². The van der Waals surface area contributed by atoms with Crippen molar-refractivity contribution in [1.29, 1.82) is 0 Å². The SMILES string of the molecule is CC(C)CN(CCCN)C1CC1. The molecule has 72 valence electrons. The molecule has 0 aromatic carbocycles. The molecule has 2 heteroatoms. The fourth-order valence-corrected chi connectivity index (χ4v) is 1.63. The molecule has 2 N–H and O–H groups in total. The summed E-state index contributed by atoms with van der Waals surface area (Å²) in [6.07, 6.45) is 3.98. The first-order chi connectivity index (χ1) is 5.74. The van der Waals surface area contributed by atoms with Gasteiger partial charge in [0.1, 0.15) is 0 Å². The molecule has 0 unspecified atom stereocenters. The third kappa shape index (κ3) is 3.55. The average molecular weight is 170 g/mol. The Balaban J connectivity index is 2.18. The van der Waals surface area contributed by atoms with Crippen molar-refractivity contribution in [2.45, 2.75) is 39.2 Å². The minimum Gasteiger partial charge on any atom is -0.330 e. The van der Waals surface area contributed by atoms with E-state index < -0.39 is 0 Å². The van der Waals surface area contributed by atoms with E-state index in [1.54, 1.807) is 0 Å². The van der Waals surface area contributed by atoms with Crippen molar-refractivity contribution < 1.29 is 0 Å². The molecule has 1 aliphatic rings. The smallest absolute Gasteiger partial charge is 0.00965 e. The topological polar surface area (TPSA) is 29.3 Å². The Kier molecular flexibility index (Phi) is 4.02. The Morgan fingerprint density at radius 2 is 2.08 bits per heavy atom. The Morgan fingerprint density at radius 1 is 1.42 bits per heavy atom. The Labute approximate surface area is 76.1 Å². The second kappa shape index (κ2) is 4.83. The fraction of sp³-hybridized carbons (Fsp3) is 1.00. The van der Waals surface area contributed by atoms with Crippen molar-refractivity contribution in [2.24, 2.45) is 11.7 Å². The Hall–Kier alpha value is -0.0800. The second-order valence-electron chi connectivity index (χ2n) is 4.26. The number of rotatable bonds is 6. The van der Waals surface area contributed by atoms with E-state index >= 15 is 0 Å². The minimum absolute atomic E-state index is 0.795. The molecule has 0 amide bonds. The Morgan fingerprint density at radius 3 is 2.50 bits per heavy atom. The highest BCUT2D eigenvalue weighted by atomic mass is 15.2. The number of hydrogen-bond acceptors (Lipinski definition) is 2. The first-order valence-corrected chi connectivity index (χ1v) is 5.18. The van der Waals surface area contributed by atoms with Gasteiger partial charge in [0.15, 0.2) is 0 Å². The van der Waals surface area contributed by atoms with Gasteiger partial charge in [0.2, 0.25) is 0 Å². The van der Waals surface area contributed by atoms with Gasteiger partial charge in [-0.25, -0.2) is 0 Å². The van der Waals surface area contributed by atoms with Gasteiger partial charge in [-0.05, 0) is 38.3 Å². The van der Waals surface area contributed by atoms with E-state index in [-0.39, 0.29) is 0 Å². The van der Waals surface area contributed by atoms with Crippen molar-refractivity contribution in [3.05, 3.63) is 0 Å². The summed E-state index contributed by atoms with van der Waals surface area (Å²) in [6, 6.07) is 0.902. The van der Waals surface area contributed by atoms with Crippen LogP contribution in [0.4, 0.5) is 0 Å². The predicted molar refractivity (Wildman–Crippen MR) is 53.1 cm³/mol. The zero-order chi connectivity index (χ0) is 8.97. The highest BCUT2D eigenvalue weighted by Crippen LogP contribution is 2.27. The molecular formula is C10H22N2. The molecular weight excluding hydrogens is 148 g/mol. The average Bonchev–Trinajstić information content (AvgIpc) is 2.79. The van der Waals surface area contributed by atoms with Crippen LogP contribution in [-0.4, -0.2) is 30.6 Å². The molecule has 0 aromatic rings. The molecule has 0 atom stereocenters. The lowest BCUT2D eigenvalue weighted by molar-refractivity contribution is 0.233. The van der Waals surface area contributed by atoms with Crippen LogP contribution in [0.25, 0.3) is 0 Å². The largest absolute Gasteiger partial charge is 0.330 e. The molecule has 1 aliphatic carbocycles. The van der Waals surface area contributed by atoms with E-state index in [0.717, 1.165) is 24.9 Å². The third-order valence-electron chi connectivity index (χ3n) is 2.31. The van der Waals surface area contributed by atoms with Crippen molar-refractivity contribution in [2.75, 3.05) is 19.6 Å². The summed E-state index contributed by atoms with van der Waals surface area (Å²) < 4.78 is 0. The van der Waals surface area contributed by atoms with Crippen LogP contribution in [0.15, 0.2) is 0 Å². The highest BCUT2D eigenvalue weighted by molar-refractivity contribution is 4.84. The van der Waals surface area contributed by atoms with E-state index in [4.69, 9.17) is 5.73 Å². The predicted octanol–water partition coefficient (Wildman–Crippen LogP) is 1.46. The van der Waals surface area contributed by atoms with Crippen molar-refractivity contribution in [3.63, 3.8) is 0 Å². The van der Waals surface area contributed by atoms with Gasteiger partial charge in [0, 0.05) is 12.6 Å². The summed E-state index contributed by atoms with van der Waals surface area (Å²) in [4.78, 5) is 2.61. The van der Waals surface area contributed by atoms with E-state index in [1.807, 2.05) is 0 Å². The molecule has 0 spiro atoms. The molecule has 0 saturated heterocycles. The lowest BCUT2D eigenvalue weighted by Gasteiger charge is -2.23. The number of nitrogens with two attached hydrogens (primary N) is 1. The first-order valence-electron chi connectivity index (χ1n) is 5.18. The molecule has 1 fully saturated rings. The summed E-state index contributed by atoms with van der Waals surface area (Å²) in [7, 11) is 0. The van der Waals surface area contributed by atoms with Gasteiger partial charge in [-0.3, -0.25) is 0 Å². The van der Waals surface area contributed by atoms with Gasteiger partial charge in [-0.15, -0.1) is 0 Å². The summed E-state index contributed by atoms with van der Waals surface area (Å²) in [5, 5.41) is 0. The molecule has 1 rings (SSSR count). The van der Waals surface area contributed by atoms with Crippen LogP contribution >= 0.6 is 0 Å². The van der Waals surface area contributed by atoms with Gasteiger partial charge >= 0.3 is 0 Å². The quantitative estimate of drug-likeness (QED) is 0.654. The highest BCUT2D eigenvalue weighted by Gasteiger charge is 2.28. The molecule has 0 radical (unpaired) electrons. The molecule has 0 bridgehead atoms. The lowest BCUT2D eigenvalue weighted by Crippen LogP contribution is -2.31. The van der Waals surface area contributed by atoms with Gasteiger partial charge in [0.25, 0.3) is 0 Å². The van der Waals surface area contributed by atoms with Gasteiger partial charge in [-0.1, -0.05) is 13.8 Å².